The highest BCUT2D eigenvalue weighted by Gasteiger charge is 2.29. The van der Waals surface area contributed by atoms with Gasteiger partial charge < -0.3 is 16.4 Å². The molecular formula is C30H34N6O3. The van der Waals surface area contributed by atoms with Gasteiger partial charge in [0.15, 0.2) is 0 Å². The van der Waals surface area contributed by atoms with Crippen LogP contribution < -0.4 is 21.9 Å². The maximum absolute atomic E-state index is 13.5. The number of amides is 2. The Labute approximate surface area is 226 Å². The molecule has 1 atom stereocenters. The van der Waals surface area contributed by atoms with E-state index in [0.717, 1.165) is 47.9 Å². The fourth-order valence-electron chi connectivity index (χ4n) is 5.36. The molecule has 1 saturated carbocycles. The van der Waals surface area contributed by atoms with Crippen LogP contribution in [-0.4, -0.2) is 39.6 Å². The van der Waals surface area contributed by atoms with Gasteiger partial charge in [-0.2, -0.15) is 0 Å². The van der Waals surface area contributed by atoms with Crippen molar-refractivity contribution in [2.24, 2.45) is 17.6 Å². The van der Waals surface area contributed by atoms with Crippen molar-refractivity contribution >= 4 is 28.4 Å². The Balaban J connectivity index is 1.34. The number of hydrogen-bond acceptors (Lipinski definition) is 5. The summed E-state index contributed by atoms with van der Waals surface area (Å²) >= 11 is 0. The number of carbonyl (C=O) groups is 2. The van der Waals surface area contributed by atoms with Crippen LogP contribution in [-0.2, 0) is 16.0 Å². The number of aromatic nitrogens is 3. The van der Waals surface area contributed by atoms with Gasteiger partial charge in [0, 0.05) is 30.4 Å². The number of anilines is 1. The lowest BCUT2D eigenvalue weighted by atomic mass is 9.81. The van der Waals surface area contributed by atoms with Crippen molar-refractivity contribution in [3.8, 4) is 11.1 Å². The van der Waals surface area contributed by atoms with E-state index in [-0.39, 0.29) is 23.3 Å². The zero-order valence-corrected chi connectivity index (χ0v) is 22.0. The summed E-state index contributed by atoms with van der Waals surface area (Å²) in [6, 6.07) is 14.3. The minimum atomic E-state index is -0.765. The van der Waals surface area contributed by atoms with Crippen molar-refractivity contribution in [1.29, 1.82) is 0 Å². The van der Waals surface area contributed by atoms with E-state index < -0.39 is 6.04 Å². The number of fused-ring (bicyclic) bond motifs is 1. The van der Waals surface area contributed by atoms with Crippen molar-refractivity contribution in [3.05, 3.63) is 82.4 Å². The van der Waals surface area contributed by atoms with Crippen LogP contribution in [0.15, 0.2) is 65.7 Å². The molecule has 1 fully saturated rings. The van der Waals surface area contributed by atoms with E-state index in [9.17, 15) is 14.4 Å². The quantitative estimate of drug-likeness (QED) is 0.238. The fraction of sp³-hybridized carbons (Fsp3) is 0.333. The smallest absolute Gasteiger partial charge is 0.271 e. The minimum Gasteiger partial charge on any atom is -0.344 e. The molecule has 9 heteroatoms. The van der Waals surface area contributed by atoms with Crippen molar-refractivity contribution in [3.63, 3.8) is 0 Å². The molecule has 2 amide bonds. The summed E-state index contributed by atoms with van der Waals surface area (Å²) in [5.41, 5.74) is 10.9. The van der Waals surface area contributed by atoms with Gasteiger partial charge in [0.1, 0.15) is 6.04 Å². The molecule has 2 aromatic carbocycles. The molecule has 5 rings (SSSR count). The molecule has 9 nitrogen and oxygen atoms in total. The second-order valence-electron chi connectivity index (χ2n) is 10.4. The molecule has 39 heavy (non-hydrogen) atoms. The molecule has 2 aromatic heterocycles. The predicted octanol–water partition coefficient (Wildman–Crippen LogP) is 3.66. The standard InChI is InChI=1S/C30H34N6O3/c1-18-17-32-13-12-24(18)21-6-2-19(3-7-21)14-27(34-28(37)22-8-4-20(16-31)5-9-22)30(39)33-23-10-11-25-26(15-23)35-36-29(25)38/h2-3,6-7,10-13,15,17,20,22,27H,4-5,8-9,14,16,31H2,1H3,(H,33,39)(H,34,37)(H2,35,36,38)/t20?,22?,27-/m0/s1. The number of nitrogens with one attached hydrogen (secondary N) is 4. The lowest BCUT2D eigenvalue weighted by Gasteiger charge is -2.28. The normalized spacial score (nSPS) is 18.0. The highest BCUT2D eigenvalue weighted by molar-refractivity contribution is 5.99. The van der Waals surface area contributed by atoms with Crippen molar-refractivity contribution in [2.75, 3.05) is 11.9 Å². The molecule has 0 bridgehead atoms. The van der Waals surface area contributed by atoms with Crippen LogP contribution in [0.3, 0.4) is 0 Å². The molecular weight excluding hydrogens is 492 g/mol. The van der Waals surface area contributed by atoms with Gasteiger partial charge in [-0.05, 0) is 91.6 Å². The first kappa shape index (κ1) is 26.4. The first-order chi connectivity index (χ1) is 18.9. The maximum atomic E-state index is 13.5. The van der Waals surface area contributed by atoms with E-state index in [0.29, 0.717) is 35.5 Å². The molecule has 0 radical (unpaired) electrons. The van der Waals surface area contributed by atoms with Crippen molar-refractivity contribution in [1.82, 2.24) is 20.5 Å². The number of carbonyl (C=O) groups excluding carboxylic acids is 2. The molecule has 1 aliphatic rings. The van der Waals surface area contributed by atoms with Crippen LogP contribution in [0.4, 0.5) is 5.69 Å². The monoisotopic (exact) mass is 526 g/mol. The largest absolute Gasteiger partial charge is 0.344 e. The lowest BCUT2D eigenvalue weighted by molar-refractivity contribution is -0.130. The van der Waals surface area contributed by atoms with Crippen LogP contribution >= 0.6 is 0 Å². The van der Waals surface area contributed by atoms with E-state index in [1.807, 2.05) is 43.5 Å². The Morgan fingerprint density at radius 1 is 1.05 bits per heavy atom. The second-order valence-corrected chi connectivity index (χ2v) is 10.4. The molecule has 0 aliphatic heterocycles. The first-order valence-electron chi connectivity index (χ1n) is 13.4. The third-order valence-electron chi connectivity index (χ3n) is 7.75. The van der Waals surface area contributed by atoms with Crippen molar-refractivity contribution in [2.45, 2.75) is 45.1 Å². The molecule has 4 aromatic rings. The molecule has 0 spiro atoms. The molecule has 1 aliphatic carbocycles. The number of pyridine rings is 1. The predicted molar refractivity (Wildman–Crippen MR) is 152 cm³/mol. The number of aryl methyl sites for hydroxylation is 1. The molecule has 6 N–H and O–H groups in total. The van der Waals surface area contributed by atoms with Gasteiger partial charge in [-0.3, -0.25) is 29.6 Å². The summed E-state index contributed by atoms with van der Waals surface area (Å²) < 4.78 is 0. The number of benzene rings is 2. The third-order valence-corrected chi connectivity index (χ3v) is 7.75. The molecule has 0 saturated heterocycles. The maximum Gasteiger partial charge on any atom is 0.271 e. The van der Waals surface area contributed by atoms with E-state index in [1.165, 1.54) is 0 Å². The van der Waals surface area contributed by atoms with Crippen LogP contribution in [0.2, 0.25) is 0 Å². The summed E-state index contributed by atoms with van der Waals surface area (Å²) in [6.45, 7) is 2.67. The highest BCUT2D eigenvalue weighted by atomic mass is 16.2. The Kier molecular flexibility index (Phi) is 7.88. The Hall–Kier alpha value is -4.24. The van der Waals surface area contributed by atoms with Crippen molar-refractivity contribution < 1.29 is 9.59 Å². The molecule has 202 valence electrons. The van der Waals surface area contributed by atoms with Gasteiger partial charge >= 0.3 is 0 Å². The number of H-pyrrole nitrogens is 2. The highest BCUT2D eigenvalue weighted by Crippen LogP contribution is 2.28. The van der Waals surface area contributed by atoms with Gasteiger partial charge in [-0.15, -0.1) is 0 Å². The van der Waals surface area contributed by atoms with E-state index >= 15 is 0 Å². The Morgan fingerprint density at radius 3 is 2.54 bits per heavy atom. The van der Waals surface area contributed by atoms with Crippen LogP contribution in [0.25, 0.3) is 22.0 Å². The van der Waals surface area contributed by atoms with Gasteiger partial charge in [0.05, 0.1) is 10.9 Å². The Bertz CT molecular complexity index is 1520. The summed E-state index contributed by atoms with van der Waals surface area (Å²) in [5, 5.41) is 11.8. The number of nitrogens with zero attached hydrogens (tertiary/aromatic N) is 1. The zero-order chi connectivity index (χ0) is 27.4. The summed E-state index contributed by atoms with van der Waals surface area (Å²) in [7, 11) is 0. The SMILES string of the molecule is Cc1cnccc1-c1ccc(C[C@H](NC(=O)C2CCC(CN)CC2)C(=O)Nc2ccc3c(=O)[nH][nH]c3c2)cc1. The average Bonchev–Trinajstić information content (AvgIpc) is 3.33. The average molecular weight is 527 g/mol. The summed E-state index contributed by atoms with van der Waals surface area (Å²) in [6.07, 6.45) is 7.36. The molecule has 0 unspecified atom stereocenters. The minimum absolute atomic E-state index is 0.0972. The number of hydrogen-bond donors (Lipinski definition) is 5. The Morgan fingerprint density at radius 2 is 1.82 bits per heavy atom. The van der Waals surface area contributed by atoms with E-state index in [2.05, 4.69) is 25.8 Å². The third kappa shape index (κ3) is 6.09. The topological polar surface area (TPSA) is 146 Å². The molecule has 2 heterocycles. The first-order valence-corrected chi connectivity index (χ1v) is 13.4. The second kappa shape index (κ2) is 11.7. The van der Waals surface area contributed by atoms with E-state index in [1.54, 1.807) is 24.4 Å². The van der Waals surface area contributed by atoms with Crippen LogP contribution in [0.5, 0.6) is 0 Å². The van der Waals surface area contributed by atoms with Crippen LogP contribution in [0.1, 0.15) is 36.8 Å². The van der Waals surface area contributed by atoms with E-state index in [4.69, 9.17) is 5.73 Å². The lowest BCUT2D eigenvalue weighted by Crippen LogP contribution is -2.48. The number of aromatic amines is 2. The van der Waals surface area contributed by atoms with Gasteiger partial charge in [-0.1, -0.05) is 24.3 Å². The fourth-order valence-corrected chi connectivity index (χ4v) is 5.36. The number of nitrogens with two attached hydrogens (primary N) is 1. The van der Waals surface area contributed by atoms with Gasteiger partial charge in [0.25, 0.3) is 5.56 Å². The van der Waals surface area contributed by atoms with Gasteiger partial charge in [-0.25, -0.2) is 0 Å². The zero-order valence-electron chi connectivity index (χ0n) is 22.0. The van der Waals surface area contributed by atoms with Gasteiger partial charge in [0.2, 0.25) is 11.8 Å². The summed E-state index contributed by atoms with van der Waals surface area (Å²) in [5.74, 6) is -0.0720. The summed E-state index contributed by atoms with van der Waals surface area (Å²) in [4.78, 5) is 42.7. The van der Waals surface area contributed by atoms with Crippen LogP contribution in [0, 0.1) is 18.8 Å². The number of rotatable bonds is 8.